The summed E-state index contributed by atoms with van der Waals surface area (Å²) in [4.78, 5) is 0. The maximum Gasteiger partial charge on any atom is 0.0819 e. The molecule has 0 saturated carbocycles. The molecule has 1 heterocycles. The number of hydrogen-bond donors (Lipinski definition) is 0. The van der Waals surface area contributed by atoms with Crippen molar-refractivity contribution in [3.8, 4) is 0 Å². The van der Waals surface area contributed by atoms with Gasteiger partial charge in [0.05, 0.1) is 19.9 Å². The quantitative estimate of drug-likeness (QED) is 0.262. The highest BCUT2D eigenvalue weighted by molar-refractivity contribution is 6.78. The minimum atomic E-state index is -1.00. The van der Waals surface area contributed by atoms with Crippen molar-refractivity contribution in [1.82, 2.24) is 0 Å². The SMILES string of the molecule is C=CCCCCCCC1OC1[Si](C)(C)C. The summed E-state index contributed by atoms with van der Waals surface area (Å²) >= 11 is 0. The van der Waals surface area contributed by atoms with Gasteiger partial charge in [-0.2, -0.15) is 0 Å². The molecule has 1 saturated heterocycles. The number of ether oxygens (including phenoxy) is 1. The van der Waals surface area contributed by atoms with Crippen LogP contribution in [0.4, 0.5) is 0 Å². The Kier molecular flexibility index (Phi) is 5.07. The van der Waals surface area contributed by atoms with Crippen LogP contribution < -0.4 is 0 Å². The van der Waals surface area contributed by atoms with Crippen molar-refractivity contribution in [2.45, 2.75) is 70.0 Å². The minimum Gasteiger partial charge on any atom is -0.373 e. The normalized spacial score (nSPS) is 25.3. The molecule has 0 spiro atoms. The Morgan fingerprint density at radius 3 is 2.33 bits per heavy atom. The molecule has 0 bridgehead atoms. The molecule has 2 unspecified atom stereocenters. The molecular formula is C13H26OSi. The van der Waals surface area contributed by atoms with Gasteiger partial charge in [-0.3, -0.25) is 0 Å². The highest BCUT2D eigenvalue weighted by Gasteiger charge is 2.47. The Bertz CT molecular complexity index is 195. The van der Waals surface area contributed by atoms with Gasteiger partial charge in [-0.1, -0.05) is 45.0 Å². The number of hydrogen-bond acceptors (Lipinski definition) is 1. The Hall–Kier alpha value is -0.0831. The molecule has 0 aromatic carbocycles. The van der Waals surface area contributed by atoms with Gasteiger partial charge in [0.15, 0.2) is 0 Å². The molecule has 1 nitrogen and oxygen atoms in total. The van der Waals surface area contributed by atoms with Crippen LogP contribution in [0.1, 0.15) is 38.5 Å². The fourth-order valence-electron chi connectivity index (χ4n) is 2.11. The first-order valence-corrected chi connectivity index (χ1v) is 9.90. The van der Waals surface area contributed by atoms with E-state index < -0.39 is 8.07 Å². The van der Waals surface area contributed by atoms with Gasteiger partial charge < -0.3 is 4.74 Å². The molecule has 0 aliphatic carbocycles. The van der Waals surface area contributed by atoms with Gasteiger partial charge in [0.25, 0.3) is 0 Å². The standard InChI is InChI=1S/C13H26OSi/c1-5-6-7-8-9-10-11-12-13(14-12)15(2,3)4/h5,12-13H,1,6-11H2,2-4H3. The zero-order chi connectivity index (χ0) is 11.3. The lowest BCUT2D eigenvalue weighted by Crippen LogP contribution is -2.30. The van der Waals surface area contributed by atoms with Crippen LogP contribution in [-0.2, 0) is 4.74 Å². The molecule has 1 rings (SSSR count). The van der Waals surface area contributed by atoms with Crippen LogP contribution in [-0.4, -0.2) is 19.9 Å². The van der Waals surface area contributed by atoms with Crippen LogP contribution in [0.5, 0.6) is 0 Å². The Labute approximate surface area is 95.9 Å². The third-order valence-corrected chi connectivity index (χ3v) is 5.30. The van der Waals surface area contributed by atoms with Gasteiger partial charge >= 0.3 is 0 Å². The molecule has 1 aliphatic rings. The third-order valence-electron chi connectivity index (χ3n) is 3.08. The van der Waals surface area contributed by atoms with Gasteiger partial charge in [0.1, 0.15) is 0 Å². The van der Waals surface area contributed by atoms with Crippen molar-refractivity contribution >= 4 is 8.07 Å². The predicted molar refractivity (Wildman–Crippen MR) is 69.9 cm³/mol. The lowest BCUT2D eigenvalue weighted by molar-refractivity contribution is 0.377. The number of rotatable bonds is 8. The molecule has 0 radical (unpaired) electrons. The van der Waals surface area contributed by atoms with E-state index in [-0.39, 0.29) is 0 Å². The molecule has 2 heteroatoms. The maximum absolute atomic E-state index is 5.75. The van der Waals surface area contributed by atoms with E-state index in [1.165, 1.54) is 38.5 Å². The monoisotopic (exact) mass is 226 g/mol. The van der Waals surface area contributed by atoms with Crippen molar-refractivity contribution in [1.29, 1.82) is 0 Å². The highest BCUT2D eigenvalue weighted by atomic mass is 28.3. The molecule has 0 N–H and O–H groups in total. The molecule has 1 fully saturated rings. The fraction of sp³-hybridized carbons (Fsp3) is 0.846. The summed E-state index contributed by atoms with van der Waals surface area (Å²) in [6, 6.07) is 0. The predicted octanol–water partition coefficient (Wildman–Crippen LogP) is 4.16. The van der Waals surface area contributed by atoms with Crippen LogP contribution in [0.3, 0.4) is 0 Å². The van der Waals surface area contributed by atoms with Crippen LogP contribution >= 0.6 is 0 Å². The smallest absolute Gasteiger partial charge is 0.0819 e. The van der Waals surface area contributed by atoms with Crippen molar-refractivity contribution in [2.75, 3.05) is 0 Å². The van der Waals surface area contributed by atoms with Gasteiger partial charge in [0.2, 0.25) is 0 Å². The molecular weight excluding hydrogens is 200 g/mol. The second kappa shape index (κ2) is 5.85. The molecule has 88 valence electrons. The van der Waals surface area contributed by atoms with Gasteiger partial charge in [-0.25, -0.2) is 0 Å². The van der Waals surface area contributed by atoms with E-state index in [2.05, 4.69) is 26.2 Å². The van der Waals surface area contributed by atoms with Crippen molar-refractivity contribution in [3.63, 3.8) is 0 Å². The first-order chi connectivity index (χ1) is 7.05. The van der Waals surface area contributed by atoms with E-state index in [1.54, 1.807) is 0 Å². The van der Waals surface area contributed by atoms with Crippen molar-refractivity contribution in [2.24, 2.45) is 0 Å². The summed E-state index contributed by atoms with van der Waals surface area (Å²) in [5.41, 5.74) is 0.658. The first-order valence-electron chi connectivity index (χ1n) is 6.32. The van der Waals surface area contributed by atoms with Crippen LogP contribution in [0.2, 0.25) is 19.6 Å². The number of epoxide rings is 1. The average molecular weight is 226 g/mol. The van der Waals surface area contributed by atoms with E-state index in [9.17, 15) is 0 Å². The Balaban J connectivity index is 1.93. The third kappa shape index (κ3) is 4.98. The summed E-state index contributed by atoms with van der Waals surface area (Å²) in [6.07, 6.45) is 10.5. The maximum atomic E-state index is 5.75. The van der Waals surface area contributed by atoms with E-state index in [1.807, 2.05) is 6.08 Å². The van der Waals surface area contributed by atoms with Crippen LogP contribution in [0, 0.1) is 0 Å². The van der Waals surface area contributed by atoms with E-state index in [0.717, 1.165) is 0 Å². The Morgan fingerprint density at radius 1 is 1.13 bits per heavy atom. The summed E-state index contributed by atoms with van der Waals surface area (Å²) in [6.45, 7) is 11.0. The average Bonchev–Trinajstić information content (AvgIpc) is 2.89. The van der Waals surface area contributed by atoms with Crippen LogP contribution in [0.15, 0.2) is 12.7 Å². The second-order valence-electron chi connectivity index (χ2n) is 5.74. The number of allylic oxidation sites excluding steroid dienone is 1. The van der Waals surface area contributed by atoms with E-state index in [0.29, 0.717) is 11.8 Å². The van der Waals surface area contributed by atoms with Gasteiger partial charge in [0, 0.05) is 0 Å². The molecule has 15 heavy (non-hydrogen) atoms. The molecule has 1 aliphatic heterocycles. The Morgan fingerprint density at radius 2 is 1.80 bits per heavy atom. The first kappa shape index (κ1) is 13.0. The largest absolute Gasteiger partial charge is 0.373 e. The van der Waals surface area contributed by atoms with Crippen molar-refractivity contribution < 1.29 is 4.74 Å². The zero-order valence-corrected chi connectivity index (χ0v) is 11.6. The fourth-order valence-corrected chi connectivity index (χ4v) is 3.98. The molecule has 2 atom stereocenters. The summed E-state index contributed by atoms with van der Waals surface area (Å²) < 4.78 is 5.75. The number of unbranched alkanes of at least 4 members (excludes halogenated alkanes) is 4. The van der Waals surface area contributed by atoms with Gasteiger partial charge in [-0.15, -0.1) is 6.58 Å². The minimum absolute atomic E-state index is 0.621. The summed E-state index contributed by atoms with van der Waals surface area (Å²) in [5, 5.41) is 0. The summed E-state index contributed by atoms with van der Waals surface area (Å²) in [5.74, 6) is 0. The van der Waals surface area contributed by atoms with E-state index >= 15 is 0 Å². The topological polar surface area (TPSA) is 12.5 Å². The van der Waals surface area contributed by atoms with Crippen LogP contribution in [0.25, 0.3) is 0 Å². The van der Waals surface area contributed by atoms with E-state index in [4.69, 9.17) is 4.74 Å². The molecule has 0 aromatic rings. The zero-order valence-electron chi connectivity index (χ0n) is 10.6. The van der Waals surface area contributed by atoms with Crippen molar-refractivity contribution in [3.05, 3.63) is 12.7 Å². The molecule has 0 amide bonds. The summed E-state index contributed by atoms with van der Waals surface area (Å²) in [7, 11) is -1.00. The lowest BCUT2D eigenvalue weighted by Gasteiger charge is -2.11. The highest BCUT2D eigenvalue weighted by Crippen LogP contribution is 2.34. The second-order valence-corrected chi connectivity index (χ2v) is 11.0. The molecule has 0 aromatic heterocycles. The van der Waals surface area contributed by atoms with Gasteiger partial charge in [-0.05, 0) is 19.3 Å². The lowest BCUT2D eigenvalue weighted by atomic mass is 10.1.